The number of aryl methyl sites for hydroxylation is 1. The normalized spacial score (nSPS) is 32.8. The highest BCUT2D eigenvalue weighted by molar-refractivity contribution is 6.04. The number of fused-ring (bicyclic) bond motifs is 1. The van der Waals surface area contributed by atoms with Gasteiger partial charge in [-0.25, -0.2) is 0 Å². The van der Waals surface area contributed by atoms with Gasteiger partial charge >= 0.3 is 0 Å². The maximum Gasteiger partial charge on any atom is 0.171 e. The third-order valence-electron chi connectivity index (χ3n) is 8.36. The monoisotopic (exact) mass is 508 g/mol. The molecule has 37 heavy (non-hydrogen) atoms. The number of hydrogen-bond acceptors (Lipinski definition) is 5. The van der Waals surface area contributed by atoms with Crippen LogP contribution in [-0.2, 0) is 9.47 Å². The molecule has 2 aliphatic heterocycles. The predicted octanol–water partition coefficient (Wildman–Crippen LogP) is 7.05. The van der Waals surface area contributed by atoms with Gasteiger partial charge in [0.15, 0.2) is 11.6 Å². The van der Waals surface area contributed by atoms with Crippen LogP contribution >= 0.6 is 0 Å². The number of aromatic hydroxyl groups is 1. The maximum atomic E-state index is 12.3. The Morgan fingerprint density at radius 2 is 2.00 bits per heavy atom. The molecule has 0 radical (unpaired) electrons. The zero-order chi connectivity index (χ0) is 26.7. The Balaban J connectivity index is 1.33. The Morgan fingerprint density at radius 3 is 2.76 bits per heavy atom. The van der Waals surface area contributed by atoms with Gasteiger partial charge in [-0.3, -0.25) is 4.79 Å². The molecular weight excluding hydrogens is 464 g/mol. The number of Topliss-reactive ketones (excluding diaryl/α,β-unsaturated/α-hetero) is 1. The highest BCUT2D eigenvalue weighted by atomic mass is 16.7. The SMILES string of the molecule is C/C(=C\C[C@@H]1C[C@H](O)C[C@]2(CC[C@H](C)[C@@H](C)O2)O1)C[C@@H](C)/C=C/C=C1/CCC(=O)c2cc(C)c(O)cc21. The molecule has 5 heteroatoms. The number of ketones is 1. The third kappa shape index (κ3) is 6.81. The Morgan fingerprint density at radius 1 is 1.22 bits per heavy atom. The number of ether oxygens (including phenoxy) is 2. The average Bonchev–Trinajstić information content (AvgIpc) is 2.83. The highest BCUT2D eigenvalue weighted by Crippen LogP contribution is 2.42. The molecule has 2 N–H and O–H groups in total. The van der Waals surface area contributed by atoms with Gasteiger partial charge in [-0.2, -0.15) is 0 Å². The second kappa shape index (κ2) is 11.7. The summed E-state index contributed by atoms with van der Waals surface area (Å²) in [5, 5.41) is 20.7. The second-order valence-electron chi connectivity index (χ2n) is 11.7. The van der Waals surface area contributed by atoms with E-state index in [1.165, 1.54) is 5.57 Å². The largest absolute Gasteiger partial charge is 0.508 e. The van der Waals surface area contributed by atoms with Crippen LogP contribution in [0.1, 0.15) is 101 Å². The molecule has 1 aromatic carbocycles. The van der Waals surface area contributed by atoms with Gasteiger partial charge in [-0.15, -0.1) is 0 Å². The molecule has 0 saturated carbocycles. The van der Waals surface area contributed by atoms with Gasteiger partial charge in [0.2, 0.25) is 0 Å². The van der Waals surface area contributed by atoms with E-state index in [4.69, 9.17) is 9.47 Å². The molecule has 1 aliphatic carbocycles. The molecule has 0 bridgehead atoms. The van der Waals surface area contributed by atoms with E-state index in [1.807, 2.05) is 6.92 Å². The van der Waals surface area contributed by atoms with E-state index in [0.717, 1.165) is 42.4 Å². The molecule has 3 aliphatic rings. The van der Waals surface area contributed by atoms with E-state index < -0.39 is 5.79 Å². The van der Waals surface area contributed by atoms with Crippen LogP contribution in [0.2, 0.25) is 0 Å². The van der Waals surface area contributed by atoms with Gasteiger partial charge in [-0.1, -0.05) is 43.7 Å². The number of carbonyl (C=O) groups excluding carboxylic acids is 1. The van der Waals surface area contributed by atoms with Gasteiger partial charge in [0.1, 0.15) is 5.75 Å². The molecule has 2 saturated heterocycles. The molecule has 1 aromatic rings. The van der Waals surface area contributed by atoms with Crippen molar-refractivity contribution in [2.75, 3.05) is 0 Å². The minimum atomic E-state index is -0.628. The number of allylic oxidation sites excluding steroid dienone is 5. The summed E-state index contributed by atoms with van der Waals surface area (Å²) in [7, 11) is 0. The second-order valence-corrected chi connectivity index (χ2v) is 11.7. The first-order valence-corrected chi connectivity index (χ1v) is 14.0. The summed E-state index contributed by atoms with van der Waals surface area (Å²) in [6.45, 7) is 10.5. The van der Waals surface area contributed by atoms with Gasteiger partial charge < -0.3 is 19.7 Å². The van der Waals surface area contributed by atoms with E-state index >= 15 is 0 Å². The molecule has 2 fully saturated rings. The smallest absolute Gasteiger partial charge is 0.171 e. The summed E-state index contributed by atoms with van der Waals surface area (Å²) in [6, 6.07) is 3.53. The molecule has 6 atom stereocenters. The Kier molecular flexibility index (Phi) is 8.77. The lowest BCUT2D eigenvalue weighted by Gasteiger charge is -2.48. The Labute approximate surface area is 222 Å². The van der Waals surface area contributed by atoms with Crippen LogP contribution < -0.4 is 0 Å². The van der Waals surface area contributed by atoms with Crippen molar-refractivity contribution in [1.29, 1.82) is 0 Å². The fourth-order valence-corrected chi connectivity index (χ4v) is 5.96. The van der Waals surface area contributed by atoms with E-state index in [-0.39, 0.29) is 29.8 Å². The number of hydrogen-bond donors (Lipinski definition) is 2. The lowest BCUT2D eigenvalue weighted by atomic mass is 9.85. The minimum Gasteiger partial charge on any atom is -0.508 e. The van der Waals surface area contributed by atoms with Gasteiger partial charge in [0.05, 0.1) is 18.3 Å². The van der Waals surface area contributed by atoms with Gasteiger partial charge in [0.25, 0.3) is 0 Å². The third-order valence-corrected chi connectivity index (χ3v) is 8.36. The van der Waals surface area contributed by atoms with Crippen molar-refractivity contribution in [3.05, 3.63) is 58.7 Å². The number of phenolic OH excluding ortho intramolecular Hbond substituents is 1. The van der Waals surface area contributed by atoms with Crippen LogP contribution in [0.4, 0.5) is 0 Å². The number of phenols is 1. The van der Waals surface area contributed by atoms with Crippen molar-refractivity contribution in [3.63, 3.8) is 0 Å². The van der Waals surface area contributed by atoms with Crippen molar-refractivity contribution in [2.24, 2.45) is 11.8 Å². The van der Waals surface area contributed by atoms with Crippen LogP contribution in [0, 0.1) is 18.8 Å². The molecule has 0 amide bonds. The first-order valence-electron chi connectivity index (χ1n) is 14.0. The van der Waals surface area contributed by atoms with Crippen LogP contribution in [0.5, 0.6) is 5.75 Å². The molecule has 4 rings (SSSR count). The standard InChI is InChI=1S/C32H44O5/c1-20(7-6-8-25-10-12-30(34)29-16-23(4)31(35)18-28(25)29)15-21(2)9-11-27-17-26(33)19-32(37-27)14-13-22(3)24(5)36-32/h6-9,16,18,20,22,24,26-27,33,35H,10-15,17,19H2,1-5H3/b7-6+,21-9+,25-8-/t20-,22-,24+,26-,27+,32-/m0/s1. The van der Waals surface area contributed by atoms with E-state index in [2.05, 4.69) is 52.0 Å². The highest BCUT2D eigenvalue weighted by Gasteiger charge is 2.46. The predicted molar refractivity (Wildman–Crippen MR) is 147 cm³/mol. The zero-order valence-corrected chi connectivity index (χ0v) is 23.1. The van der Waals surface area contributed by atoms with Crippen molar-refractivity contribution < 1.29 is 24.5 Å². The number of benzene rings is 1. The summed E-state index contributed by atoms with van der Waals surface area (Å²) in [5.41, 5.74) is 4.70. The summed E-state index contributed by atoms with van der Waals surface area (Å²) < 4.78 is 12.7. The van der Waals surface area contributed by atoms with Crippen molar-refractivity contribution in [1.82, 2.24) is 0 Å². The van der Waals surface area contributed by atoms with Crippen LogP contribution in [0.15, 0.2) is 42.0 Å². The van der Waals surface area contributed by atoms with Crippen molar-refractivity contribution in [2.45, 2.75) is 110 Å². The first-order chi connectivity index (χ1) is 17.5. The van der Waals surface area contributed by atoms with Crippen molar-refractivity contribution >= 4 is 11.4 Å². The average molecular weight is 509 g/mol. The topological polar surface area (TPSA) is 76.0 Å². The quantitative estimate of drug-likeness (QED) is 0.403. The number of aliphatic hydroxyl groups is 1. The van der Waals surface area contributed by atoms with Crippen LogP contribution in [-0.4, -0.2) is 40.1 Å². The van der Waals surface area contributed by atoms with Gasteiger partial charge in [-0.05, 0) is 87.1 Å². The molecule has 5 nitrogen and oxygen atoms in total. The Hall–Kier alpha value is -2.21. The molecule has 0 aromatic heterocycles. The molecular formula is C32H44O5. The number of aliphatic hydroxyl groups excluding tert-OH is 1. The molecule has 2 heterocycles. The lowest BCUT2D eigenvalue weighted by molar-refractivity contribution is -0.331. The Bertz CT molecular complexity index is 1080. The molecule has 1 spiro atoms. The number of carbonyl (C=O) groups is 1. The van der Waals surface area contributed by atoms with E-state index in [9.17, 15) is 15.0 Å². The first kappa shape index (κ1) is 27.8. The molecule has 0 unspecified atom stereocenters. The van der Waals surface area contributed by atoms with Crippen molar-refractivity contribution in [3.8, 4) is 5.75 Å². The summed E-state index contributed by atoms with van der Waals surface area (Å²) in [5.74, 6) is 0.630. The summed E-state index contributed by atoms with van der Waals surface area (Å²) in [6.07, 6.45) is 14.4. The fourth-order valence-electron chi connectivity index (χ4n) is 5.96. The van der Waals surface area contributed by atoms with E-state index in [1.54, 1.807) is 12.1 Å². The van der Waals surface area contributed by atoms with E-state index in [0.29, 0.717) is 43.1 Å². The molecule has 202 valence electrons. The minimum absolute atomic E-state index is 0.0241. The lowest BCUT2D eigenvalue weighted by Crippen LogP contribution is -2.52. The summed E-state index contributed by atoms with van der Waals surface area (Å²) >= 11 is 0. The fraction of sp³-hybridized carbons (Fsp3) is 0.594. The summed E-state index contributed by atoms with van der Waals surface area (Å²) in [4.78, 5) is 12.3. The maximum absolute atomic E-state index is 12.3. The van der Waals surface area contributed by atoms with Crippen LogP contribution in [0.25, 0.3) is 5.57 Å². The van der Waals surface area contributed by atoms with Gasteiger partial charge in [0, 0.05) is 31.2 Å². The zero-order valence-electron chi connectivity index (χ0n) is 23.1. The number of rotatable bonds is 6. The van der Waals surface area contributed by atoms with Crippen LogP contribution in [0.3, 0.4) is 0 Å².